The van der Waals surface area contributed by atoms with Crippen LogP contribution in [0.25, 0.3) is 0 Å². The monoisotopic (exact) mass is 402 g/mol. The van der Waals surface area contributed by atoms with Crippen molar-refractivity contribution >= 4 is 28.8 Å². The van der Waals surface area contributed by atoms with Gasteiger partial charge in [-0.25, -0.2) is 0 Å². The van der Waals surface area contributed by atoms with Crippen molar-refractivity contribution in [1.29, 1.82) is 0 Å². The second kappa shape index (κ2) is 7.84. The summed E-state index contributed by atoms with van der Waals surface area (Å²) < 4.78 is 0. The van der Waals surface area contributed by atoms with E-state index in [2.05, 4.69) is 4.98 Å². The number of anilines is 1. The van der Waals surface area contributed by atoms with Crippen molar-refractivity contribution in [3.05, 3.63) is 72.4 Å². The molecule has 2 aromatic rings. The first-order valence-corrected chi connectivity index (χ1v) is 8.35. The molecular formula is C16H14N6O7. The first kappa shape index (κ1) is 19.6. The molecule has 0 spiro atoms. The highest BCUT2D eigenvalue weighted by atomic mass is 16.6. The highest BCUT2D eigenvalue weighted by Crippen LogP contribution is 2.24. The van der Waals surface area contributed by atoms with E-state index >= 15 is 0 Å². The van der Waals surface area contributed by atoms with E-state index in [1.807, 2.05) is 4.90 Å². The number of hydrogen-bond acceptors (Lipinski definition) is 9. The van der Waals surface area contributed by atoms with Crippen LogP contribution in [-0.2, 0) is 0 Å². The highest BCUT2D eigenvalue weighted by Gasteiger charge is 2.26. The van der Waals surface area contributed by atoms with Crippen LogP contribution in [0.4, 0.5) is 22.9 Å². The molecule has 1 aromatic carbocycles. The van der Waals surface area contributed by atoms with Crippen LogP contribution in [0, 0.1) is 30.3 Å². The third kappa shape index (κ3) is 4.23. The Balaban J connectivity index is 1.72. The largest absolute Gasteiger partial charge is 0.365 e. The van der Waals surface area contributed by atoms with E-state index in [9.17, 15) is 35.1 Å². The number of nitro groups is 3. The fraction of sp³-hybridized carbons (Fsp3) is 0.250. The molecule has 0 atom stereocenters. The molecule has 1 aliphatic heterocycles. The molecule has 1 saturated heterocycles. The van der Waals surface area contributed by atoms with Gasteiger partial charge in [0.05, 0.1) is 27.2 Å². The van der Waals surface area contributed by atoms with Gasteiger partial charge in [-0.05, 0) is 16.0 Å². The van der Waals surface area contributed by atoms with Gasteiger partial charge in [-0.3, -0.25) is 25.0 Å². The Labute approximate surface area is 162 Å². The van der Waals surface area contributed by atoms with Crippen molar-refractivity contribution in [1.82, 2.24) is 9.88 Å². The molecular weight excluding hydrogens is 388 g/mol. The second-order valence-corrected chi connectivity index (χ2v) is 6.16. The standard InChI is InChI=1S/C16H14N6O7/c23-16(11-7-13(20(24)25)9-14(8-11)21(26)27)19-5-3-18(4-6-19)12-1-2-15(17-10-12)22(28)29/h1-2,7-10H,3-6H2. The van der Waals surface area contributed by atoms with Crippen LogP contribution in [0.2, 0.25) is 0 Å². The molecule has 2 heterocycles. The van der Waals surface area contributed by atoms with E-state index in [0.29, 0.717) is 18.8 Å². The number of piperazine rings is 1. The molecule has 1 amide bonds. The van der Waals surface area contributed by atoms with E-state index < -0.39 is 32.1 Å². The normalized spacial score (nSPS) is 13.8. The van der Waals surface area contributed by atoms with Crippen LogP contribution in [0.15, 0.2) is 36.5 Å². The number of nitrogens with zero attached hydrogens (tertiary/aromatic N) is 6. The summed E-state index contributed by atoms with van der Waals surface area (Å²) in [5.41, 5.74) is -0.527. The number of pyridine rings is 1. The first-order valence-electron chi connectivity index (χ1n) is 8.35. The van der Waals surface area contributed by atoms with E-state index in [-0.39, 0.29) is 24.5 Å². The van der Waals surface area contributed by atoms with Gasteiger partial charge in [0, 0.05) is 44.4 Å². The summed E-state index contributed by atoms with van der Waals surface area (Å²) in [6.07, 6.45) is 1.37. The predicted molar refractivity (Wildman–Crippen MR) is 98.8 cm³/mol. The van der Waals surface area contributed by atoms with Crippen molar-refractivity contribution in [2.45, 2.75) is 0 Å². The molecule has 1 aliphatic rings. The van der Waals surface area contributed by atoms with E-state index in [1.54, 1.807) is 6.07 Å². The Hall–Kier alpha value is -4.16. The topological polar surface area (TPSA) is 166 Å². The number of aromatic nitrogens is 1. The summed E-state index contributed by atoms with van der Waals surface area (Å²) in [4.78, 5) is 50.3. The first-order chi connectivity index (χ1) is 13.8. The van der Waals surface area contributed by atoms with Gasteiger partial charge in [0.2, 0.25) is 0 Å². The highest BCUT2D eigenvalue weighted by molar-refractivity contribution is 5.95. The van der Waals surface area contributed by atoms with Crippen molar-refractivity contribution in [2.24, 2.45) is 0 Å². The lowest BCUT2D eigenvalue weighted by Crippen LogP contribution is -2.48. The van der Waals surface area contributed by atoms with E-state index in [4.69, 9.17) is 0 Å². The molecule has 0 radical (unpaired) electrons. The zero-order valence-corrected chi connectivity index (χ0v) is 14.8. The predicted octanol–water partition coefficient (Wildman–Crippen LogP) is 1.77. The Morgan fingerprint density at radius 2 is 1.45 bits per heavy atom. The number of benzene rings is 1. The molecule has 0 saturated carbocycles. The van der Waals surface area contributed by atoms with Crippen LogP contribution in [0.5, 0.6) is 0 Å². The third-order valence-corrected chi connectivity index (χ3v) is 4.42. The average molecular weight is 402 g/mol. The van der Waals surface area contributed by atoms with Crippen molar-refractivity contribution in [3.8, 4) is 0 Å². The molecule has 0 unspecified atom stereocenters. The number of hydrogen-bond donors (Lipinski definition) is 0. The SMILES string of the molecule is O=C(c1cc([N+](=O)[O-])cc([N+](=O)[O-])c1)N1CCN(c2ccc([N+](=O)[O-])nc2)CC1. The molecule has 13 nitrogen and oxygen atoms in total. The maximum atomic E-state index is 12.7. The van der Waals surface area contributed by atoms with Gasteiger partial charge in [-0.1, -0.05) is 0 Å². The Morgan fingerprint density at radius 3 is 1.90 bits per heavy atom. The zero-order chi connectivity index (χ0) is 21.1. The van der Waals surface area contributed by atoms with Crippen LogP contribution in [0.3, 0.4) is 0 Å². The van der Waals surface area contributed by atoms with Gasteiger partial charge in [0.25, 0.3) is 17.3 Å². The van der Waals surface area contributed by atoms with Crippen LogP contribution >= 0.6 is 0 Å². The average Bonchev–Trinajstić information content (AvgIpc) is 2.73. The molecule has 13 heteroatoms. The number of non-ortho nitro benzene ring substituents is 2. The Kier molecular flexibility index (Phi) is 5.29. The molecule has 1 fully saturated rings. The van der Waals surface area contributed by atoms with E-state index in [0.717, 1.165) is 18.2 Å². The molecule has 1 aromatic heterocycles. The lowest BCUT2D eigenvalue weighted by molar-refractivity contribution is -0.394. The Morgan fingerprint density at radius 1 is 0.862 bits per heavy atom. The van der Waals surface area contributed by atoms with Crippen molar-refractivity contribution in [2.75, 3.05) is 31.1 Å². The zero-order valence-electron chi connectivity index (χ0n) is 14.8. The maximum absolute atomic E-state index is 12.7. The van der Waals surface area contributed by atoms with Gasteiger partial charge >= 0.3 is 5.82 Å². The minimum atomic E-state index is -0.788. The minimum Gasteiger partial charge on any atom is -0.365 e. The molecule has 29 heavy (non-hydrogen) atoms. The summed E-state index contributed by atoms with van der Waals surface area (Å²) in [7, 11) is 0. The fourth-order valence-electron chi connectivity index (χ4n) is 2.95. The Bertz CT molecular complexity index is 954. The number of amides is 1. The molecule has 0 bridgehead atoms. The van der Waals surface area contributed by atoms with E-state index in [1.165, 1.54) is 17.2 Å². The van der Waals surface area contributed by atoms with Gasteiger partial charge in [0.15, 0.2) is 6.20 Å². The number of carbonyl (C=O) groups is 1. The van der Waals surface area contributed by atoms with Crippen molar-refractivity contribution < 1.29 is 19.6 Å². The second-order valence-electron chi connectivity index (χ2n) is 6.16. The number of rotatable bonds is 5. The third-order valence-electron chi connectivity index (χ3n) is 4.42. The van der Waals surface area contributed by atoms with Gasteiger partial charge in [0.1, 0.15) is 0 Å². The summed E-state index contributed by atoms with van der Waals surface area (Å²) in [6, 6.07) is 5.68. The molecule has 150 valence electrons. The van der Waals surface area contributed by atoms with Crippen LogP contribution in [-0.4, -0.2) is 56.7 Å². The minimum absolute atomic E-state index is 0.128. The maximum Gasteiger partial charge on any atom is 0.363 e. The van der Waals surface area contributed by atoms with Gasteiger partial charge in [-0.15, -0.1) is 0 Å². The molecule has 0 aliphatic carbocycles. The lowest BCUT2D eigenvalue weighted by Gasteiger charge is -2.35. The van der Waals surface area contributed by atoms with Gasteiger partial charge < -0.3 is 19.9 Å². The summed E-state index contributed by atoms with van der Waals surface area (Å²) in [5.74, 6) is -0.812. The molecule has 3 rings (SSSR count). The fourth-order valence-corrected chi connectivity index (χ4v) is 2.95. The smallest absolute Gasteiger partial charge is 0.363 e. The van der Waals surface area contributed by atoms with Crippen LogP contribution < -0.4 is 4.90 Å². The van der Waals surface area contributed by atoms with Gasteiger partial charge in [-0.2, -0.15) is 0 Å². The lowest BCUT2D eigenvalue weighted by atomic mass is 10.1. The summed E-state index contributed by atoms with van der Waals surface area (Å²) in [6.45, 7) is 1.35. The molecule has 0 N–H and O–H groups in total. The summed E-state index contributed by atoms with van der Waals surface area (Å²) in [5, 5.41) is 32.7. The van der Waals surface area contributed by atoms with Crippen LogP contribution in [0.1, 0.15) is 10.4 Å². The summed E-state index contributed by atoms with van der Waals surface area (Å²) >= 11 is 0. The number of carbonyl (C=O) groups excluding carboxylic acids is 1. The quantitative estimate of drug-likeness (QED) is 0.535. The number of nitro benzene ring substituents is 2. The van der Waals surface area contributed by atoms with Crippen molar-refractivity contribution in [3.63, 3.8) is 0 Å².